The molecular weight excluding hydrogens is 362 g/mol. The summed E-state index contributed by atoms with van der Waals surface area (Å²) >= 11 is 1.70. The lowest BCUT2D eigenvalue weighted by Gasteiger charge is -2.32. The van der Waals surface area contributed by atoms with E-state index in [-0.39, 0.29) is 12.0 Å². The summed E-state index contributed by atoms with van der Waals surface area (Å²) in [6.07, 6.45) is 0.543. The van der Waals surface area contributed by atoms with E-state index in [4.69, 9.17) is 14.2 Å². The summed E-state index contributed by atoms with van der Waals surface area (Å²) in [5.74, 6) is 1.08. The molecule has 5 nitrogen and oxygen atoms in total. The van der Waals surface area contributed by atoms with Gasteiger partial charge in [-0.3, -0.25) is 10.1 Å². The third-order valence-corrected chi connectivity index (χ3v) is 6.04. The number of hydrogen-bond acceptors (Lipinski definition) is 6. The van der Waals surface area contributed by atoms with Crippen LogP contribution in [0.25, 0.3) is 10.1 Å². The van der Waals surface area contributed by atoms with Crippen LogP contribution in [0.2, 0.25) is 0 Å². The average molecular weight is 383 g/mol. The maximum Gasteiger partial charge on any atom is 0.323 e. The topological polar surface area (TPSA) is 56.8 Å². The second kappa shape index (κ2) is 7.21. The Morgan fingerprint density at radius 1 is 1.07 bits per heavy atom. The zero-order valence-electron chi connectivity index (χ0n) is 15.4. The lowest BCUT2D eigenvalue weighted by Crippen LogP contribution is -2.45. The third kappa shape index (κ3) is 3.05. The molecule has 0 spiro atoms. The summed E-state index contributed by atoms with van der Waals surface area (Å²) in [7, 11) is 4.67. The summed E-state index contributed by atoms with van der Waals surface area (Å²) in [6, 6.07) is 11.7. The third-order valence-electron chi connectivity index (χ3n) is 5.06. The molecule has 1 aromatic heterocycles. The first-order chi connectivity index (χ1) is 13.2. The van der Waals surface area contributed by atoms with E-state index in [1.54, 1.807) is 25.6 Å². The standard InChI is InChI=1S/C21H21NO4S/c1-24-17-9-12-8-16(21(23)26-3)22-20(14(12)10-18(17)25-2)15-11-27-19-7-5-4-6-13(15)19/h4-7,9-11,16,20,22H,8H2,1-3H3/t16-,20-/m0/s1. The van der Waals surface area contributed by atoms with E-state index in [1.165, 1.54) is 17.2 Å². The summed E-state index contributed by atoms with van der Waals surface area (Å²) in [6.45, 7) is 0. The van der Waals surface area contributed by atoms with Crippen molar-refractivity contribution in [2.45, 2.75) is 18.5 Å². The normalized spacial score (nSPS) is 18.8. The number of carbonyl (C=O) groups excluding carboxylic acids is 1. The van der Waals surface area contributed by atoms with Crippen LogP contribution in [-0.2, 0) is 16.0 Å². The Morgan fingerprint density at radius 3 is 2.56 bits per heavy atom. The van der Waals surface area contributed by atoms with Crippen LogP contribution in [0.15, 0.2) is 41.8 Å². The van der Waals surface area contributed by atoms with Crippen LogP contribution in [0.4, 0.5) is 0 Å². The maximum atomic E-state index is 12.3. The van der Waals surface area contributed by atoms with Gasteiger partial charge in [0.05, 0.1) is 27.4 Å². The Morgan fingerprint density at radius 2 is 1.81 bits per heavy atom. The van der Waals surface area contributed by atoms with Crippen molar-refractivity contribution in [2.24, 2.45) is 0 Å². The van der Waals surface area contributed by atoms with E-state index in [9.17, 15) is 4.79 Å². The highest BCUT2D eigenvalue weighted by Crippen LogP contribution is 2.41. The molecule has 2 heterocycles. The number of hydrogen-bond donors (Lipinski definition) is 1. The van der Waals surface area contributed by atoms with E-state index in [2.05, 4.69) is 22.8 Å². The van der Waals surface area contributed by atoms with Crippen LogP contribution in [0.3, 0.4) is 0 Å². The van der Waals surface area contributed by atoms with E-state index in [0.717, 1.165) is 16.7 Å². The molecule has 3 aromatic rings. The lowest BCUT2D eigenvalue weighted by molar-refractivity contribution is -0.143. The first-order valence-corrected chi connectivity index (χ1v) is 9.59. The number of carbonyl (C=O) groups is 1. The number of methoxy groups -OCH3 is 3. The predicted molar refractivity (Wildman–Crippen MR) is 106 cm³/mol. The van der Waals surface area contributed by atoms with Crippen LogP contribution >= 0.6 is 11.3 Å². The highest BCUT2D eigenvalue weighted by molar-refractivity contribution is 7.17. The van der Waals surface area contributed by atoms with Crippen LogP contribution in [-0.4, -0.2) is 33.3 Å². The molecule has 0 saturated heterocycles. The zero-order chi connectivity index (χ0) is 19.0. The van der Waals surface area contributed by atoms with Crippen molar-refractivity contribution < 1.29 is 19.0 Å². The summed E-state index contributed by atoms with van der Waals surface area (Å²) in [5.41, 5.74) is 3.30. The van der Waals surface area contributed by atoms with E-state index < -0.39 is 6.04 Å². The molecule has 0 fully saturated rings. The molecule has 140 valence electrons. The van der Waals surface area contributed by atoms with Gasteiger partial charge in [0.15, 0.2) is 11.5 Å². The van der Waals surface area contributed by atoms with E-state index >= 15 is 0 Å². The first-order valence-electron chi connectivity index (χ1n) is 8.71. The Hall–Kier alpha value is -2.57. The molecule has 1 aliphatic rings. The lowest BCUT2D eigenvalue weighted by atomic mass is 9.86. The number of nitrogens with one attached hydrogen (secondary N) is 1. The molecule has 0 radical (unpaired) electrons. The fraction of sp³-hybridized carbons (Fsp3) is 0.286. The van der Waals surface area contributed by atoms with Crippen molar-refractivity contribution in [3.63, 3.8) is 0 Å². The fourth-order valence-electron chi connectivity index (χ4n) is 3.72. The minimum Gasteiger partial charge on any atom is -0.493 e. The summed E-state index contributed by atoms with van der Waals surface area (Å²) in [4.78, 5) is 12.3. The minimum absolute atomic E-state index is 0.131. The number of fused-ring (bicyclic) bond motifs is 2. The van der Waals surface area contributed by atoms with E-state index in [0.29, 0.717) is 17.9 Å². The summed E-state index contributed by atoms with van der Waals surface area (Å²) < 4.78 is 17.2. The van der Waals surface area contributed by atoms with Crippen molar-refractivity contribution in [3.8, 4) is 11.5 Å². The molecule has 27 heavy (non-hydrogen) atoms. The molecule has 2 aromatic carbocycles. The van der Waals surface area contributed by atoms with Crippen molar-refractivity contribution in [1.29, 1.82) is 0 Å². The fourth-order valence-corrected chi connectivity index (χ4v) is 4.71. The van der Waals surface area contributed by atoms with Crippen molar-refractivity contribution in [2.75, 3.05) is 21.3 Å². The number of esters is 1. The molecule has 0 unspecified atom stereocenters. The van der Waals surface area contributed by atoms with Crippen LogP contribution in [0, 0.1) is 0 Å². The van der Waals surface area contributed by atoms with Gasteiger partial charge >= 0.3 is 5.97 Å². The van der Waals surface area contributed by atoms with Gasteiger partial charge in [0, 0.05) is 4.70 Å². The van der Waals surface area contributed by atoms with Gasteiger partial charge in [0.25, 0.3) is 0 Å². The van der Waals surface area contributed by atoms with Gasteiger partial charge in [-0.15, -0.1) is 11.3 Å². The van der Waals surface area contributed by atoms with Crippen LogP contribution < -0.4 is 14.8 Å². The van der Waals surface area contributed by atoms with Gasteiger partial charge in [-0.1, -0.05) is 18.2 Å². The van der Waals surface area contributed by atoms with Gasteiger partial charge in [-0.2, -0.15) is 0 Å². The quantitative estimate of drug-likeness (QED) is 0.697. The molecule has 0 saturated carbocycles. The van der Waals surface area contributed by atoms with Crippen LogP contribution in [0.5, 0.6) is 11.5 Å². The molecule has 2 atom stereocenters. The minimum atomic E-state index is -0.413. The highest BCUT2D eigenvalue weighted by atomic mass is 32.1. The second-order valence-electron chi connectivity index (χ2n) is 6.47. The Balaban J connectivity index is 1.89. The molecule has 0 bridgehead atoms. The largest absolute Gasteiger partial charge is 0.493 e. The summed E-state index contributed by atoms with van der Waals surface area (Å²) in [5, 5.41) is 6.82. The Kier molecular flexibility index (Phi) is 4.76. The van der Waals surface area contributed by atoms with Gasteiger partial charge < -0.3 is 14.2 Å². The molecule has 1 N–H and O–H groups in total. The second-order valence-corrected chi connectivity index (χ2v) is 7.38. The number of rotatable bonds is 4. The zero-order valence-corrected chi connectivity index (χ0v) is 16.3. The SMILES string of the molecule is COC(=O)[C@@H]1Cc2cc(OC)c(OC)cc2[C@@H](c2csc3ccccc23)N1. The highest BCUT2D eigenvalue weighted by Gasteiger charge is 2.34. The molecule has 6 heteroatoms. The smallest absolute Gasteiger partial charge is 0.323 e. The van der Waals surface area contributed by atoms with Gasteiger partial charge in [0.1, 0.15) is 6.04 Å². The molecule has 1 aliphatic heterocycles. The van der Waals surface area contributed by atoms with Crippen molar-refractivity contribution in [1.82, 2.24) is 5.32 Å². The van der Waals surface area contributed by atoms with Gasteiger partial charge in [-0.25, -0.2) is 0 Å². The number of thiophene rings is 1. The Bertz CT molecular complexity index is 997. The predicted octanol–water partition coefficient (Wildman–Crippen LogP) is 3.70. The molecule has 4 rings (SSSR count). The van der Waals surface area contributed by atoms with Gasteiger partial charge in [-0.05, 0) is 52.1 Å². The van der Waals surface area contributed by atoms with Crippen LogP contribution in [0.1, 0.15) is 22.7 Å². The monoisotopic (exact) mass is 383 g/mol. The maximum absolute atomic E-state index is 12.3. The molecule has 0 aliphatic carbocycles. The molecular formula is C21H21NO4S. The number of ether oxygens (including phenoxy) is 3. The molecule has 0 amide bonds. The van der Waals surface area contributed by atoms with Gasteiger partial charge in [0.2, 0.25) is 0 Å². The number of benzene rings is 2. The first kappa shape index (κ1) is 17.8. The average Bonchev–Trinajstić information content (AvgIpc) is 3.15. The Labute approximate surface area is 161 Å². The van der Waals surface area contributed by atoms with E-state index in [1.807, 2.05) is 24.3 Å². The van der Waals surface area contributed by atoms with Crippen molar-refractivity contribution in [3.05, 3.63) is 58.5 Å². The van der Waals surface area contributed by atoms with Crippen molar-refractivity contribution >= 4 is 27.4 Å².